The summed E-state index contributed by atoms with van der Waals surface area (Å²) in [5, 5.41) is 9.07. The van der Waals surface area contributed by atoms with Gasteiger partial charge in [-0.15, -0.1) is 0 Å². The van der Waals surface area contributed by atoms with Crippen LogP contribution in [-0.4, -0.2) is 54.3 Å². The van der Waals surface area contributed by atoms with Crippen LogP contribution in [0.15, 0.2) is 30.3 Å². The Labute approximate surface area is 123 Å². The van der Waals surface area contributed by atoms with E-state index in [2.05, 4.69) is 0 Å². The van der Waals surface area contributed by atoms with Crippen LogP contribution in [0.25, 0.3) is 0 Å². The first-order valence-corrected chi connectivity index (χ1v) is 6.77. The zero-order chi connectivity index (χ0) is 15.4. The number of ether oxygens (including phenoxy) is 2. The van der Waals surface area contributed by atoms with E-state index in [4.69, 9.17) is 14.6 Å². The van der Waals surface area contributed by atoms with Gasteiger partial charge >= 0.3 is 5.97 Å². The Morgan fingerprint density at radius 1 is 1.33 bits per heavy atom. The molecule has 1 aromatic rings. The molecule has 0 spiro atoms. The van der Waals surface area contributed by atoms with Gasteiger partial charge in [0.1, 0.15) is 0 Å². The van der Waals surface area contributed by atoms with Crippen LogP contribution in [0.1, 0.15) is 18.6 Å². The van der Waals surface area contributed by atoms with Crippen LogP contribution in [0.5, 0.6) is 0 Å². The van der Waals surface area contributed by atoms with E-state index < -0.39 is 18.2 Å². The number of carboxylic acids is 1. The second kappa shape index (κ2) is 6.69. The minimum atomic E-state index is -1.06. The maximum Gasteiger partial charge on any atom is 0.334 e. The van der Waals surface area contributed by atoms with Crippen molar-refractivity contribution in [2.45, 2.75) is 25.2 Å². The smallest absolute Gasteiger partial charge is 0.334 e. The van der Waals surface area contributed by atoms with Crippen molar-refractivity contribution in [2.75, 3.05) is 20.2 Å². The van der Waals surface area contributed by atoms with Gasteiger partial charge in [-0.25, -0.2) is 4.79 Å². The van der Waals surface area contributed by atoms with Crippen molar-refractivity contribution in [3.63, 3.8) is 0 Å². The summed E-state index contributed by atoms with van der Waals surface area (Å²) < 4.78 is 10.6. The number of hydrogen-bond acceptors (Lipinski definition) is 4. The van der Waals surface area contributed by atoms with Crippen LogP contribution in [0.2, 0.25) is 0 Å². The molecule has 1 saturated heterocycles. The number of carbonyl (C=O) groups excluding carboxylic acids is 1. The SMILES string of the molecule is CO[C@@H](C(=O)N1CC(C(=O)O)O[C@H](C)C1)c1ccccc1. The van der Waals surface area contributed by atoms with Crippen molar-refractivity contribution >= 4 is 11.9 Å². The number of nitrogens with zero attached hydrogens (tertiary/aromatic N) is 1. The number of carboxylic acid groups (broad SMARTS) is 1. The maximum atomic E-state index is 12.6. The first-order chi connectivity index (χ1) is 10.0. The molecular formula is C15H19NO5. The Bertz CT molecular complexity index is 504. The third kappa shape index (κ3) is 3.59. The Morgan fingerprint density at radius 2 is 2.00 bits per heavy atom. The average Bonchev–Trinajstić information content (AvgIpc) is 2.48. The Morgan fingerprint density at radius 3 is 2.57 bits per heavy atom. The number of carbonyl (C=O) groups is 2. The molecule has 0 radical (unpaired) electrons. The molecule has 114 valence electrons. The predicted molar refractivity (Wildman–Crippen MR) is 74.7 cm³/mol. The van der Waals surface area contributed by atoms with Gasteiger partial charge in [0.05, 0.1) is 12.6 Å². The maximum absolute atomic E-state index is 12.6. The summed E-state index contributed by atoms with van der Waals surface area (Å²) in [6.45, 7) is 2.14. The lowest BCUT2D eigenvalue weighted by Gasteiger charge is -2.36. The van der Waals surface area contributed by atoms with Crippen LogP contribution in [0.4, 0.5) is 0 Å². The molecule has 3 atom stereocenters. The lowest BCUT2D eigenvalue weighted by atomic mass is 10.1. The molecule has 6 nitrogen and oxygen atoms in total. The topological polar surface area (TPSA) is 76.1 Å². The van der Waals surface area contributed by atoms with Gasteiger partial charge in [0.15, 0.2) is 12.2 Å². The third-order valence-electron chi connectivity index (χ3n) is 3.41. The van der Waals surface area contributed by atoms with Gasteiger partial charge in [-0.05, 0) is 12.5 Å². The fourth-order valence-corrected chi connectivity index (χ4v) is 2.44. The van der Waals surface area contributed by atoms with E-state index in [1.807, 2.05) is 30.3 Å². The Kier molecular flexibility index (Phi) is 4.93. The van der Waals surface area contributed by atoms with Gasteiger partial charge < -0.3 is 19.5 Å². The van der Waals surface area contributed by atoms with Crippen molar-refractivity contribution < 1.29 is 24.2 Å². The summed E-state index contributed by atoms with van der Waals surface area (Å²) in [5.74, 6) is -1.31. The molecule has 6 heteroatoms. The highest BCUT2D eigenvalue weighted by Gasteiger charge is 2.35. The molecule has 1 heterocycles. The average molecular weight is 293 g/mol. The van der Waals surface area contributed by atoms with E-state index in [9.17, 15) is 9.59 Å². The third-order valence-corrected chi connectivity index (χ3v) is 3.41. The molecule has 2 rings (SSSR count). The molecule has 1 N–H and O–H groups in total. The Balaban J connectivity index is 2.15. The van der Waals surface area contributed by atoms with Crippen molar-refractivity contribution in [2.24, 2.45) is 0 Å². The zero-order valence-electron chi connectivity index (χ0n) is 12.1. The first kappa shape index (κ1) is 15.5. The van der Waals surface area contributed by atoms with Crippen LogP contribution in [-0.2, 0) is 19.1 Å². The highest BCUT2D eigenvalue weighted by atomic mass is 16.5. The van der Waals surface area contributed by atoms with Gasteiger partial charge in [0.25, 0.3) is 5.91 Å². The minimum absolute atomic E-state index is 0.0329. The first-order valence-electron chi connectivity index (χ1n) is 6.77. The molecule has 0 saturated carbocycles. The number of methoxy groups -OCH3 is 1. The molecule has 1 aliphatic heterocycles. The number of rotatable bonds is 4. The lowest BCUT2D eigenvalue weighted by molar-refractivity contribution is -0.170. The van der Waals surface area contributed by atoms with E-state index in [0.717, 1.165) is 5.56 Å². The van der Waals surface area contributed by atoms with E-state index >= 15 is 0 Å². The number of morpholine rings is 1. The van der Waals surface area contributed by atoms with Gasteiger partial charge in [-0.3, -0.25) is 4.79 Å². The van der Waals surface area contributed by atoms with Crippen molar-refractivity contribution in [3.8, 4) is 0 Å². The number of hydrogen-bond donors (Lipinski definition) is 1. The van der Waals surface area contributed by atoms with Crippen molar-refractivity contribution in [1.29, 1.82) is 0 Å². The number of benzene rings is 1. The second-order valence-corrected chi connectivity index (χ2v) is 5.04. The molecular weight excluding hydrogens is 274 g/mol. The van der Waals surface area contributed by atoms with Crippen LogP contribution in [0.3, 0.4) is 0 Å². The summed E-state index contributed by atoms with van der Waals surface area (Å²) in [7, 11) is 1.47. The van der Waals surface area contributed by atoms with Crippen LogP contribution >= 0.6 is 0 Å². The van der Waals surface area contributed by atoms with Gasteiger partial charge in [-0.1, -0.05) is 30.3 Å². The molecule has 21 heavy (non-hydrogen) atoms. The molecule has 0 bridgehead atoms. The number of aliphatic carboxylic acids is 1. The normalized spacial score (nSPS) is 23.6. The van der Waals surface area contributed by atoms with E-state index in [0.29, 0.717) is 6.54 Å². The monoisotopic (exact) mass is 293 g/mol. The molecule has 1 aliphatic rings. The second-order valence-electron chi connectivity index (χ2n) is 5.04. The highest BCUT2D eigenvalue weighted by Crippen LogP contribution is 2.22. The zero-order valence-corrected chi connectivity index (χ0v) is 12.1. The van der Waals surface area contributed by atoms with Crippen molar-refractivity contribution in [1.82, 2.24) is 4.90 Å². The van der Waals surface area contributed by atoms with E-state index in [-0.39, 0.29) is 18.6 Å². The summed E-state index contributed by atoms with van der Waals surface area (Å²) in [4.78, 5) is 25.2. The van der Waals surface area contributed by atoms with E-state index in [1.54, 1.807) is 6.92 Å². The lowest BCUT2D eigenvalue weighted by Crippen LogP contribution is -2.53. The summed E-state index contributed by atoms with van der Waals surface area (Å²) in [5.41, 5.74) is 0.746. The largest absolute Gasteiger partial charge is 0.479 e. The minimum Gasteiger partial charge on any atom is -0.479 e. The molecule has 1 amide bonds. The summed E-state index contributed by atoms with van der Waals surface area (Å²) >= 11 is 0. The highest BCUT2D eigenvalue weighted by molar-refractivity contribution is 5.83. The number of amides is 1. The molecule has 1 aromatic carbocycles. The standard InChI is InChI=1S/C15H19NO5/c1-10-8-16(9-12(21-10)15(18)19)14(17)13(20-2)11-6-4-3-5-7-11/h3-7,10,12-13H,8-9H2,1-2H3,(H,18,19)/t10-,12?,13-/m1/s1. The van der Waals surface area contributed by atoms with E-state index in [1.165, 1.54) is 12.0 Å². The predicted octanol–water partition coefficient (Wildman–Crippen LogP) is 1.07. The van der Waals surface area contributed by atoms with Crippen molar-refractivity contribution in [3.05, 3.63) is 35.9 Å². The van der Waals surface area contributed by atoms with Gasteiger partial charge in [-0.2, -0.15) is 0 Å². The molecule has 1 unspecified atom stereocenters. The summed E-state index contributed by atoms with van der Waals surface area (Å²) in [6, 6.07) is 9.14. The molecule has 1 fully saturated rings. The molecule has 0 aromatic heterocycles. The molecule has 0 aliphatic carbocycles. The summed E-state index contributed by atoms with van der Waals surface area (Å²) in [6.07, 6.45) is -2.05. The van der Waals surface area contributed by atoms with Gasteiger partial charge in [0.2, 0.25) is 0 Å². The Hall–Kier alpha value is -1.92. The fourth-order valence-electron chi connectivity index (χ4n) is 2.44. The fraction of sp³-hybridized carbons (Fsp3) is 0.467. The van der Waals surface area contributed by atoms with Crippen LogP contribution in [0, 0.1) is 0 Å². The van der Waals surface area contributed by atoms with Gasteiger partial charge in [0, 0.05) is 13.7 Å². The quantitative estimate of drug-likeness (QED) is 0.899. The van der Waals surface area contributed by atoms with Crippen LogP contribution < -0.4 is 0 Å².